The van der Waals surface area contributed by atoms with E-state index in [1.54, 1.807) is 0 Å². The first kappa shape index (κ1) is 36.2. The van der Waals surface area contributed by atoms with Crippen LogP contribution in [0.5, 0.6) is 11.5 Å². The van der Waals surface area contributed by atoms with Crippen LogP contribution in [0.4, 0.5) is 0 Å². The fourth-order valence-electron chi connectivity index (χ4n) is 7.11. The molecule has 0 radical (unpaired) electrons. The Hall–Kier alpha value is -3.60. The Bertz CT molecular complexity index is 2110. The van der Waals surface area contributed by atoms with Gasteiger partial charge in [-0.2, -0.15) is 0 Å². The van der Waals surface area contributed by atoms with Crippen LogP contribution >= 0.6 is 22.7 Å². The first-order valence-electron chi connectivity index (χ1n) is 18.8. The van der Waals surface area contributed by atoms with Crippen LogP contribution in [0.25, 0.3) is 52.9 Å². The molecule has 50 heavy (non-hydrogen) atoms. The first-order valence-corrected chi connectivity index (χ1v) is 20.4. The van der Waals surface area contributed by atoms with Crippen molar-refractivity contribution in [1.82, 2.24) is 0 Å². The van der Waals surface area contributed by atoms with E-state index in [4.69, 9.17) is 9.47 Å². The van der Waals surface area contributed by atoms with Gasteiger partial charge in [0.05, 0.1) is 13.2 Å². The van der Waals surface area contributed by atoms with E-state index in [2.05, 4.69) is 116 Å². The summed E-state index contributed by atoms with van der Waals surface area (Å²) < 4.78 is 13.0. The molecule has 4 heteroatoms. The van der Waals surface area contributed by atoms with E-state index < -0.39 is 0 Å². The highest BCUT2D eigenvalue weighted by atomic mass is 32.1. The highest BCUT2D eigenvalue weighted by Crippen LogP contribution is 2.48. The lowest BCUT2D eigenvalue weighted by Gasteiger charge is -2.18. The molecule has 2 aromatic heterocycles. The summed E-state index contributed by atoms with van der Waals surface area (Å²) in [7, 11) is 0. The van der Waals surface area contributed by atoms with E-state index in [0.29, 0.717) is 0 Å². The quantitative estimate of drug-likeness (QED) is 0.0992. The Balaban J connectivity index is 1.45. The largest absolute Gasteiger partial charge is 0.494 e. The molecular formula is C46H54O2S2. The molecule has 0 saturated carbocycles. The highest BCUT2D eigenvalue weighted by molar-refractivity contribution is 7.24. The van der Waals surface area contributed by atoms with Crippen molar-refractivity contribution >= 4 is 44.2 Å². The Morgan fingerprint density at radius 3 is 1.86 bits per heavy atom. The van der Waals surface area contributed by atoms with Gasteiger partial charge in [-0.15, -0.1) is 22.7 Å². The van der Waals surface area contributed by atoms with Gasteiger partial charge in [-0.3, -0.25) is 0 Å². The van der Waals surface area contributed by atoms with Gasteiger partial charge in [0.25, 0.3) is 0 Å². The second-order valence-electron chi connectivity index (χ2n) is 14.1. The minimum Gasteiger partial charge on any atom is -0.494 e. The van der Waals surface area contributed by atoms with E-state index >= 15 is 0 Å². The predicted octanol–water partition coefficient (Wildman–Crippen LogP) is 14.9. The van der Waals surface area contributed by atoms with Gasteiger partial charge in [0.1, 0.15) is 11.5 Å². The van der Waals surface area contributed by atoms with Crippen molar-refractivity contribution in [2.75, 3.05) is 13.2 Å². The van der Waals surface area contributed by atoms with Crippen LogP contribution < -0.4 is 9.47 Å². The van der Waals surface area contributed by atoms with Gasteiger partial charge in [0.15, 0.2) is 0 Å². The zero-order valence-corrected chi connectivity index (χ0v) is 33.1. The number of hydrogen-bond donors (Lipinski definition) is 0. The minimum absolute atomic E-state index is 0.726. The molecule has 2 nitrogen and oxygen atoms in total. The number of thiophene rings is 2. The van der Waals surface area contributed by atoms with E-state index in [1.165, 1.54) is 124 Å². The molecule has 0 N–H and O–H groups in total. The van der Waals surface area contributed by atoms with E-state index in [9.17, 15) is 0 Å². The van der Waals surface area contributed by atoms with Crippen LogP contribution in [0.1, 0.15) is 97.9 Å². The van der Waals surface area contributed by atoms with Crippen LogP contribution in [-0.2, 0) is 0 Å². The maximum Gasteiger partial charge on any atom is 0.127 e. The summed E-state index contributed by atoms with van der Waals surface area (Å²) in [4.78, 5) is 5.62. The number of rotatable bonds is 15. The average Bonchev–Trinajstić information content (AvgIpc) is 3.55. The molecule has 0 saturated heterocycles. The molecule has 6 aromatic rings. The fraction of sp³-hybridized carbons (Fsp3) is 0.391. The Morgan fingerprint density at radius 1 is 0.520 bits per heavy atom. The molecule has 6 rings (SSSR count). The summed E-state index contributed by atoms with van der Waals surface area (Å²) in [6.07, 6.45) is 9.52. The molecule has 2 heterocycles. The zero-order chi connectivity index (χ0) is 35.4. The smallest absolute Gasteiger partial charge is 0.127 e. The number of ether oxygens (including phenoxy) is 2. The third-order valence-electron chi connectivity index (χ3n) is 10.4. The van der Waals surface area contributed by atoms with Crippen molar-refractivity contribution in [3.8, 4) is 42.8 Å². The fourth-order valence-corrected chi connectivity index (χ4v) is 9.83. The Morgan fingerprint density at radius 2 is 1.16 bits per heavy atom. The molecule has 0 atom stereocenters. The maximum atomic E-state index is 6.66. The average molecular weight is 703 g/mol. The lowest BCUT2D eigenvalue weighted by Crippen LogP contribution is -2.00. The molecule has 0 amide bonds. The summed E-state index contributed by atoms with van der Waals surface area (Å²) in [5.74, 6) is 1.90. The molecule has 4 aromatic carbocycles. The van der Waals surface area contributed by atoms with Gasteiger partial charge in [-0.25, -0.2) is 0 Å². The Kier molecular flexibility index (Phi) is 11.7. The van der Waals surface area contributed by atoms with Crippen LogP contribution in [0, 0.1) is 41.5 Å². The summed E-state index contributed by atoms with van der Waals surface area (Å²) in [5.41, 5.74) is 10.5. The molecular weight excluding hydrogens is 649 g/mol. The molecule has 0 aliphatic carbocycles. The van der Waals surface area contributed by atoms with Gasteiger partial charge in [0.2, 0.25) is 0 Å². The van der Waals surface area contributed by atoms with Crippen molar-refractivity contribution in [2.24, 2.45) is 0 Å². The van der Waals surface area contributed by atoms with Gasteiger partial charge in [-0.05, 0) is 139 Å². The van der Waals surface area contributed by atoms with Crippen LogP contribution in [0.15, 0.2) is 60.7 Å². The molecule has 262 valence electrons. The topological polar surface area (TPSA) is 18.5 Å². The van der Waals surface area contributed by atoms with E-state index in [-0.39, 0.29) is 0 Å². The van der Waals surface area contributed by atoms with Crippen LogP contribution in [0.2, 0.25) is 0 Å². The van der Waals surface area contributed by atoms with Crippen molar-refractivity contribution < 1.29 is 9.47 Å². The summed E-state index contributed by atoms with van der Waals surface area (Å²) in [5, 5.41) is 4.90. The SMILES string of the molecule is CCCCCCOc1ccc2cc(C)cc(-c3c(OCCCCCC)ccc4cc(-c5sc(-c6sc(C)c(C)c6C)c(C)c5C)ccc34)c2c1. The van der Waals surface area contributed by atoms with Gasteiger partial charge >= 0.3 is 0 Å². The van der Waals surface area contributed by atoms with E-state index in [1.807, 2.05) is 22.7 Å². The molecule has 0 aliphatic rings. The lowest BCUT2D eigenvalue weighted by atomic mass is 9.90. The van der Waals surface area contributed by atoms with Crippen molar-refractivity contribution in [1.29, 1.82) is 0 Å². The number of fused-ring (bicyclic) bond motifs is 2. The van der Waals surface area contributed by atoms with Crippen molar-refractivity contribution in [3.05, 3.63) is 93.4 Å². The first-order chi connectivity index (χ1) is 24.2. The third kappa shape index (κ3) is 7.53. The van der Waals surface area contributed by atoms with Crippen molar-refractivity contribution in [2.45, 2.75) is 107 Å². The summed E-state index contributed by atoms with van der Waals surface area (Å²) in [6.45, 7) is 19.6. The zero-order valence-electron chi connectivity index (χ0n) is 31.5. The standard InChI is InChI=1S/C46H54O2S2/c1-9-11-13-15-23-47-38-20-17-35-25-29(3)26-41(40(35)28-38)43-39-21-18-37(27-36(39)19-22-42(43)48-24-16-14-12-10-2)44-32(6)33(7)46(50-44)45-31(5)30(4)34(8)49-45/h17-22,25-28H,9-16,23-24H2,1-8H3. The highest BCUT2D eigenvalue weighted by Gasteiger charge is 2.21. The second kappa shape index (κ2) is 16.2. The monoisotopic (exact) mass is 702 g/mol. The number of unbranched alkanes of at least 4 members (excludes halogenated alkanes) is 6. The second-order valence-corrected chi connectivity index (χ2v) is 16.4. The van der Waals surface area contributed by atoms with Gasteiger partial charge in [-0.1, -0.05) is 88.8 Å². The van der Waals surface area contributed by atoms with Crippen molar-refractivity contribution in [3.63, 3.8) is 0 Å². The molecule has 0 fully saturated rings. The summed E-state index contributed by atoms with van der Waals surface area (Å²) in [6, 6.07) is 22.8. The maximum absolute atomic E-state index is 6.66. The number of hydrogen-bond acceptors (Lipinski definition) is 4. The lowest BCUT2D eigenvalue weighted by molar-refractivity contribution is 0.305. The normalized spacial score (nSPS) is 11.6. The van der Waals surface area contributed by atoms with Crippen LogP contribution in [-0.4, -0.2) is 13.2 Å². The molecule has 0 bridgehead atoms. The Labute approximate surface area is 308 Å². The van der Waals surface area contributed by atoms with Gasteiger partial charge in [0, 0.05) is 25.1 Å². The van der Waals surface area contributed by atoms with Crippen LogP contribution in [0.3, 0.4) is 0 Å². The number of benzene rings is 4. The van der Waals surface area contributed by atoms with Gasteiger partial charge < -0.3 is 9.47 Å². The molecule has 0 aliphatic heterocycles. The van der Waals surface area contributed by atoms with E-state index in [0.717, 1.165) is 37.6 Å². The minimum atomic E-state index is 0.726. The predicted molar refractivity (Wildman–Crippen MR) is 221 cm³/mol. The molecule has 0 spiro atoms. The number of aryl methyl sites for hydroxylation is 2. The third-order valence-corrected chi connectivity index (χ3v) is 13.4. The molecule has 0 unspecified atom stereocenters. The summed E-state index contributed by atoms with van der Waals surface area (Å²) >= 11 is 3.88.